The summed E-state index contributed by atoms with van der Waals surface area (Å²) in [5, 5.41) is 0. The van der Waals surface area contributed by atoms with Gasteiger partial charge in [0, 0.05) is 44.5 Å². The molecule has 21 heavy (non-hydrogen) atoms. The Labute approximate surface area is 128 Å². The fraction of sp³-hybridized carbons (Fsp3) is 0.647. The van der Waals surface area contributed by atoms with Gasteiger partial charge in [0.1, 0.15) is 0 Å². The molecule has 2 N–H and O–H groups in total. The Morgan fingerprint density at radius 1 is 1.24 bits per heavy atom. The van der Waals surface area contributed by atoms with E-state index in [2.05, 4.69) is 47.1 Å². The van der Waals surface area contributed by atoms with Gasteiger partial charge in [-0.3, -0.25) is 4.90 Å². The van der Waals surface area contributed by atoms with Gasteiger partial charge in [-0.25, -0.2) is 0 Å². The van der Waals surface area contributed by atoms with Gasteiger partial charge in [-0.15, -0.1) is 0 Å². The molecule has 0 aliphatic carbocycles. The zero-order valence-electron chi connectivity index (χ0n) is 13.4. The Hall–Kier alpha value is -1.10. The smallest absolute Gasteiger partial charge is 0.0589 e. The summed E-state index contributed by atoms with van der Waals surface area (Å²) in [4.78, 5) is 4.98. The molecule has 1 aromatic rings. The van der Waals surface area contributed by atoms with Crippen LogP contribution < -0.4 is 10.6 Å². The highest BCUT2D eigenvalue weighted by molar-refractivity contribution is 5.46. The van der Waals surface area contributed by atoms with Gasteiger partial charge in [0.2, 0.25) is 0 Å². The van der Waals surface area contributed by atoms with Gasteiger partial charge in [-0.05, 0) is 31.5 Å². The third kappa shape index (κ3) is 3.76. The molecule has 1 aromatic carbocycles. The van der Waals surface area contributed by atoms with E-state index < -0.39 is 0 Å². The molecule has 1 fully saturated rings. The molecule has 0 unspecified atom stereocenters. The SMILES string of the molecule is CCN(CCOC)C1(CN)CCN(c2ccccc2)CC1. The normalized spacial score (nSPS) is 18.2. The second-order valence-corrected chi connectivity index (χ2v) is 5.82. The average Bonchev–Trinajstić information content (AvgIpc) is 2.57. The first-order valence-electron chi connectivity index (χ1n) is 8.00. The van der Waals surface area contributed by atoms with Crippen LogP contribution in [0, 0.1) is 0 Å². The quantitative estimate of drug-likeness (QED) is 0.834. The fourth-order valence-corrected chi connectivity index (χ4v) is 3.40. The van der Waals surface area contributed by atoms with Crippen molar-refractivity contribution >= 4 is 5.69 Å². The molecule has 1 heterocycles. The number of hydrogen-bond donors (Lipinski definition) is 1. The number of likely N-dealkylation sites (N-methyl/N-ethyl adjacent to an activating group) is 1. The lowest BCUT2D eigenvalue weighted by molar-refractivity contribution is 0.0467. The molecule has 4 nitrogen and oxygen atoms in total. The summed E-state index contributed by atoms with van der Waals surface area (Å²) in [7, 11) is 1.76. The van der Waals surface area contributed by atoms with Gasteiger partial charge in [-0.2, -0.15) is 0 Å². The second kappa shape index (κ2) is 7.78. The minimum Gasteiger partial charge on any atom is -0.383 e. The van der Waals surface area contributed by atoms with E-state index in [4.69, 9.17) is 10.5 Å². The van der Waals surface area contributed by atoms with E-state index in [-0.39, 0.29) is 5.54 Å². The van der Waals surface area contributed by atoms with Crippen LogP contribution in [0.3, 0.4) is 0 Å². The molecule has 0 bridgehead atoms. The fourth-order valence-electron chi connectivity index (χ4n) is 3.40. The molecule has 1 aliphatic heterocycles. The summed E-state index contributed by atoms with van der Waals surface area (Å²) >= 11 is 0. The Morgan fingerprint density at radius 2 is 1.90 bits per heavy atom. The molecule has 0 spiro atoms. The molecule has 4 heteroatoms. The number of rotatable bonds is 7. The van der Waals surface area contributed by atoms with Crippen molar-refractivity contribution in [2.75, 3.05) is 51.3 Å². The number of hydrogen-bond acceptors (Lipinski definition) is 4. The van der Waals surface area contributed by atoms with Gasteiger partial charge in [0.05, 0.1) is 6.61 Å². The number of anilines is 1. The van der Waals surface area contributed by atoms with E-state index in [1.54, 1.807) is 7.11 Å². The molecule has 1 aliphatic rings. The summed E-state index contributed by atoms with van der Waals surface area (Å²) in [6.07, 6.45) is 2.24. The van der Waals surface area contributed by atoms with Crippen LogP contribution in [0.5, 0.6) is 0 Å². The number of nitrogens with two attached hydrogens (primary N) is 1. The summed E-state index contributed by atoms with van der Waals surface area (Å²) in [5.74, 6) is 0. The largest absolute Gasteiger partial charge is 0.383 e. The highest BCUT2D eigenvalue weighted by Gasteiger charge is 2.37. The van der Waals surface area contributed by atoms with Crippen molar-refractivity contribution in [3.8, 4) is 0 Å². The standard InChI is InChI=1S/C17H29N3O/c1-3-20(13-14-21-2)17(15-18)9-11-19(12-10-17)16-7-5-4-6-8-16/h4-8H,3,9-15,18H2,1-2H3. The highest BCUT2D eigenvalue weighted by atomic mass is 16.5. The van der Waals surface area contributed by atoms with Crippen molar-refractivity contribution in [2.24, 2.45) is 5.73 Å². The zero-order chi connectivity index (χ0) is 15.1. The lowest BCUT2D eigenvalue weighted by atomic mass is 9.85. The maximum absolute atomic E-state index is 6.17. The molecular formula is C17H29N3O. The highest BCUT2D eigenvalue weighted by Crippen LogP contribution is 2.30. The van der Waals surface area contributed by atoms with Gasteiger partial charge in [-0.1, -0.05) is 25.1 Å². The Kier molecular flexibility index (Phi) is 6.03. The van der Waals surface area contributed by atoms with E-state index in [1.165, 1.54) is 5.69 Å². The molecular weight excluding hydrogens is 262 g/mol. The van der Waals surface area contributed by atoms with E-state index in [0.29, 0.717) is 0 Å². The second-order valence-electron chi connectivity index (χ2n) is 5.82. The summed E-state index contributed by atoms with van der Waals surface area (Å²) in [5.41, 5.74) is 7.63. The number of ether oxygens (including phenoxy) is 1. The molecule has 0 saturated carbocycles. The minimum absolute atomic E-state index is 0.137. The molecule has 0 amide bonds. The minimum atomic E-state index is 0.137. The van der Waals surface area contributed by atoms with Gasteiger partial charge in [0.25, 0.3) is 0 Å². The van der Waals surface area contributed by atoms with Crippen molar-refractivity contribution in [1.82, 2.24) is 4.90 Å². The van der Waals surface area contributed by atoms with E-state index in [1.807, 2.05) is 0 Å². The maximum Gasteiger partial charge on any atom is 0.0589 e. The van der Waals surface area contributed by atoms with Crippen LogP contribution >= 0.6 is 0 Å². The Morgan fingerprint density at radius 3 is 2.43 bits per heavy atom. The van der Waals surface area contributed by atoms with E-state index in [0.717, 1.165) is 52.2 Å². The predicted octanol–water partition coefficient (Wildman–Crippen LogP) is 1.95. The predicted molar refractivity (Wildman–Crippen MR) is 88.8 cm³/mol. The maximum atomic E-state index is 6.17. The summed E-state index contributed by atoms with van der Waals surface area (Å²) < 4.78 is 5.25. The van der Waals surface area contributed by atoms with Crippen LogP contribution in [-0.2, 0) is 4.74 Å². The van der Waals surface area contributed by atoms with Crippen molar-refractivity contribution in [3.05, 3.63) is 30.3 Å². The first-order chi connectivity index (χ1) is 10.3. The van der Waals surface area contributed by atoms with Gasteiger partial charge < -0.3 is 15.4 Å². The number of methoxy groups -OCH3 is 1. The van der Waals surface area contributed by atoms with Crippen molar-refractivity contribution in [3.63, 3.8) is 0 Å². The number of benzene rings is 1. The molecule has 1 saturated heterocycles. The molecule has 0 radical (unpaired) electrons. The number of nitrogens with zero attached hydrogens (tertiary/aromatic N) is 2. The molecule has 2 rings (SSSR count). The molecule has 118 valence electrons. The molecule has 0 atom stereocenters. The lowest BCUT2D eigenvalue weighted by Gasteiger charge is -2.48. The number of para-hydroxylation sites is 1. The molecule has 0 aromatic heterocycles. The number of piperidine rings is 1. The lowest BCUT2D eigenvalue weighted by Crippen LogP contribution is -2.60. The monoisotopic (exact) mass is 291 g/mol. The van der Waals surface area contributed by atoms with Crippen molar-refractivity contribution in [2.45, 2.75) is 25.3 Å². The third-order valence-corrected chi connectivity index (χ3v) is 4.81. The van der Waals surface area contributed by atoms with Crippen LogP contribution in [0.15, 0.2) is 30.3 Å². The first-order valence-corrected chi connectivity index (χ1v) is 8.00. The zero-order valence-corrected chi connectivity index (χ0v) is 13.4. The average molecular weight is 291 g/mol. The van der Waals surface area contributed by atoms with Gasteiger partial charge >= 0.3 is 0 Å². The van der Waals surface area contributed by atoms with Gasteiger partial charge in [0.15, 0.2) is 0 Å². The summed E-state index contributed by atoms with van der Waals surface area (Å²) in [6, 6.07) is 10.7. The van der Waals surface area contributed by atoms with Crippen LogP contribution in [0.25, 0.3) is 0 Å². The topological polar surface area (TPSA) is 41.7 Å². The third-order valence-electron chi connectivity index (χ3n) is 4.81. The van der Waals surface area contributed by atoms with Crippen LogP contribution in [0.2, 0.25) is 0 Å². The Bertz CT molecular complexity index is 402. The Balaban J connectivity index is 2.01. The van der Waals surface area contributed by atoms with Crippen molar-refractivity contribution < 1.29 is 4.74 Å². The van der Waals surface area contributed by atoms with Crippen LogP contribution in [-0.4, -0.2) is 56.9 Å². The summed E-state index contributed by atoms with van der Waals surface area (Å²) in [6.45, 7) is 7.87. The van der Waals surface area contributed by atoms with Crippen molar-refractivity contribution in [1.29, 1.82) is 0 Å². The van der Waals surface area contributed by atoms with Crippen LogP contribution in [0.1, 0.15) is 19.8 Å². The first kappa shape index (κ1) is 16.3. The van der Waals surface area contributed by atoms with E-state index in [9.17, 15) is 0 Å². The van der Waals surface area contributed by atoms with Crippen LogP contribution in [0.4, 0.5) is 5.69 Å². The van der Waals surface area contributed by atoms with E-state index >= 15 is 0 Å².